The van der Waals surface area contributed by atoms with Gasteiger partial charge in [-0.15, -0.1) is 0 Å². The molecule has 3 aromatic heterocycles. The van der Waals surface area contributed by atoms with Crippen molar-refractivity contribution in [3.63, 3.8) is 0 Å². The largest absolute Gasteiger partial charge is 0.340 e. The molecule has 1 amide bonds. The number of hydrogen-bond acceptors (Lipinski definition) is 9. The van der Waals surface area contributed by atoms with Crippen LogP contribution in [0.25, 0.3) is 10.3 Å². The van der Waals surface area contributed by atoms with Crippen LogP contribution in [-0.2, 0) is 9.59 Å². The minimum Gasteiger partial charge on any atom is -0.340 e. The lowest BCUT2D eigenvalue weighted by molar-refractivity contribution is -0.131. The molecule has 1 unspecified atom stereocenters. The normalized spacial score (nSPS) is 14.9. The second kappa shape index (κ2) is 11.2. The lowest BCUT2D eigenvalue weighted by Crippen LogP contribution is -2.49. The number of fused-ring (bicyclic) bond motifs is 1. The molecule has 1 atom stereocenters. The number of aryl methyl sites for hydroxylation is 1. The smallest absolute Gasteiger partial charge is 0.219 e. The molecule has 1 aliphatic rings. The van der Waals surface area contributed by atoms with Gasteiger partial charge >= 0.3 is 0 Å². The molecule has 0 aliphatic carbocycles. The highest BCUT2D eigenvalue weighted by atomic mass is 32.1. The number of aldehydes is 1. The zero-order valence-corrected chi connectivity index (χ0v) is 22.6. The van der Waals surface area contributed by atoms with Crippen molar-refractivity contribution in [3.8, 4) is 0 Å². The molecule has 4 heterocycles. The fourth-order valence-electron chi connectivity index (χ4n) is 4.72. The number of hydrogen-bond donors (Lipinski definition) is 1. The third-order valence-electron chi connectivity index (χ3n) is 6.93. The van der Waals surface area contributed by atoms with Crippen LogP contribution in [0, 0.1) is 6.92 Å². The summed E-state index contributed by atoms with van der Waals surface area (Å²) in [6, 6.07) is 16.2. The van der Waals surface area contributed by atoms with Crippen molar-refractivity contribution in [1.82, 2.24) is 24.8 Å². The van der Waals surface area contributed by atoms with Crippen LogP contribution in [0.3, 0.4) is 0 Å². The van der Waals surface area contributed by atoms with E-state index >= 15 is 0 Å². The Bertz CT molecular complexity index is 1430. The maximum Gasteiger partial charge on any atom is 0.219 e. The maximum absolute atomic E-state index is 11.7. The van der Waals surface area contributed by atoms with Gasteiger partial charge in [-0.25, -0.2) is 15.0 Å². The van der Waals surface area contributed by atoms with Gasteiger partial charge in [0.25, 0.3) is 0 Å². The second-order valence-corrected chi connectivity index (χ2v) is 10.4. The van der Waals surface area contributed by atoms with Crippen LogP contribution in [0.1, 0.15) is 30.5 Å². The molecule has 0 radical (unpaired) electrons. The number of nitrogens with one attached hydrogen (secondary N) is 1. The van der Waals surface area contributed by atoms with Crippen molar-refractivity contribution in [2.75, 3.05) is 43.4 Å². The summed E-state index contributed by atoms with van der Waals surface area (Å²) in [5.41, 5.74) is 4.11. The molecule has 4 aromatic rings. The van der Waals surface area contributed by atoms with Gasteiger partial charge in [-0.1, -0.05) is 29.0 Å². The number of amides is 1. The fraction of sp³-hybridized carbons (Fsp3) is 0.321. The van der Waals surface area contributed by atoms with Crippen molar-refractivity contribution >= 4 is 56.3 Å². The molecule has 1 aromatic carbocycles. The highest BCUT2D eigenvalue weighted by Crippen LogP contribution is 2.32. The molecule has 9 nitrogen and oxygen atoms in total. The molecule has 0 spiro atoms. The predicted molar refractivity (Wildman–Crippen MR) is 151 cm³/mol. The SMILES string of the molecule is CC(=O)N1CCN(C(CC=O)c2ccnc(Nc3nc4ccc(N(C)c5ccc(C)cc5)nc4s3)c2)CC1. The van der Waals surface area contributed by atoms with Gasteiger partial charge in [0, 0.05) is 64.5 Å². The monoisotopic (exact) mass is 529 g/mol. The zero-order chi connectivity index (χ0) is 26.6. The predicted octanol–water partition coefficient (Wildman–Crippen LogP) is 4.70. The Hall–Kier alpha value is -3.89. The van der Waals surface area contributed by atoms with Crippen LogP contribution in [0.2, 0.25) is 0 Å². The molecule has 196 valence electrons. The van der Waals surface area contributed by atoms with Gasteiger partial charge < -0.3 is 19.9 Å². The summed E-state index contributed by atoms with van der Waals surface area (Å²) < 4.78 is 0. The number of benzene rings is 1. The van der Waals surface area contributed by atoms with Crippen LogP contribution in [-0.4, -0.2) is 70.2 Å². The lowest BCUT2D eigenvalue weighted by atomic mass is 10.0. The Morgan fingerprint density at radius 2 is 1.87 bits per heavy atom. The van der Waals surface area contributed by atoms with Crippen LogP contribution in [0.5, 0.6) is 0 Å². The van der Waals surface area contributed by atoms with Gasteiger partial charge in [-0.3, -0.25) is 9.69 Å². The van der Waals surface area contributed by atoms with Gasteiger partial charge in [0.05, 0.1) is 0 Å². The molecule has 0 saturated carbocycles. The third-order valence-corrected chi connectivity index (χ3v) is 7.81. The maximum atomic E-state index is 11.7. The molecular formula is C28H31N7O2S. The van der Waals surface area contributed by atoms with E-state index in [4.69, 9.17) is 9.97 Å². The fourth-order valence-corrected chi connectivity index (χ4v) is 5.56. The van der Waals surface area contributed by atoms with E-state index in [1.807, 2.05) is 36.2 Å². The van der Waals surface area contributed by atoms with Gasteiger partial charge in [-0.05, 0) is 48.9 Å². The average Bonchev–Trinajstić information content (AvgIpc) is 3.33. The summed E-state index contributed by atoms with van der Waals surface area (Å²) in [5, 5.41) is 4.03. The molecule has 1 fully saturated rings. The van der Waals surface area contributed by atoms with Crippen molar-refractivity contribution in [2.45, 2.75) is 26.3 Å². The first-order valence-electron chi connectivity index (χ1n) is 12.7. The first-order chi connectivity index (χ1) is 18.4. The van der Waals surface area contributed by atoms with E-state index in [-0.39, 0.29) is 11.9 Å². The summed E-state index contributed by atoms with van der Waals surface area (Å²) >= 11 is 1.47. The van der Waals surface area contributed by atoms with Crippen molar-refractivity contribution in [2.24, 2.45) is 0 Å². The van der Waals surface area contributed by atoms with E-state index < -0.39 is 0 Å². The van der Waals surface area contributed by atoms with E-state index in [9.17, 15) is 9.59 Å². The summed E-state index contributed by atoms with van der Waals surface area (Å²) in [6.45, 7) is 6.46. The Balaban J connectivity index is 1.32. The van der Waals surface area contributed by atoms with E-state index in [2.05, 4.69) is 51.3 Å². The van der Waals surface area contributed by atoms with Gasteiger partial charge in [0.1, 0.15) is 28.3 Å². The molecule has 1 aliphatic heterocycles. The number of piperazine rings is 1. The van der Waals surface area contributed by atoms with Crippen LogP contribution < -0.4 is 10.2 Å². The van der Waals surface area contributed by atoms with Crippen LogP contribution >= 0.6 is 11.3 Å². The number of anilines is 4. The molecule has 10 heteroatoms. The number of aromatic nitrogens is 3. The summed E-state index contributed by atoms with van der Waals surface area (Å²) in [6.07, 6.45) is 3.09. The number of pyridine rings is 2. The molecule has 38 heavy (non-hydrogen) atoms. The highest BCUT2D eigenvalue weighted by molar-refractivity contribution is 7.21. The standard InChI is InChI=1S/C28H31N7O2S/c1-19-4-6-22(7-5-19)33(3)26-9-8-23-27(32-26)38-28(30-23)31-25-18-21(10-12-29-25)24(11-17-36)35-15-13-34(14-16-35)20(2)37/h4-10,12,17-18,24H,11,13-16H2,1-3H3,(H,29,30,31). The van der Waals surface area contributed by atoms with E-state index in [0.29, 0.717) is 30.5 Å². The highest BCUT2D eigenvalue weighted by Gasteiger charge is 2.26. The number of nitrogens with zero attached hydrogens (tertiary/aromatic N) is 6. The van der Waals surface area contributed by atoms with E-state index in [1.54, 1.807) is 13.1 Å². The second-order valence-electron chi connectivity index (χ2n) is 9.47. The number of rotatable bonds is 8. The Labute approximate surface area is 226 Å². The summed E-state index contributed by atoms with van der Waals surface area (Å²) in [5.74, 6) is 1.60. The lowest BCUT2D eigenvalue weighted by Gasteiger charge is -2.38. The number of thiazole rings is 1. The Morgan fingerprint density at radius 3 is 2.58 bits per heavy atom. The van der Waals surface area contributed by atoms with Crippen LogP contribution in [0.15, 0.2) is 54.7 Å². The van der Waals surface area contributed by atoms with Crippen molar-refractivity contribution in [3.05, 3.63) is 65.9 Å². The first-order valence-corrected chi connectivity index (χ1v) is 13.5. The summed E-state index contributed by atoms with van der Waals surface area (Å²) in [7, 11) is 2.00. The zero-order valence-electron chi connectivity index (χ0n) is 21.8. The minimum atomic E-state index is -0.0675. The quantitative estimate of drug-likeness (QED) is 0.328. The topological polar surface area (TPSA) is 94.6 Å². The van der Waals surface area contributed by atoms with Gasteiger partial charge in [0.2, 0.25) is 5.91 Å². The number of carbonyl (C=O) groups is 2. The Morgan fingerprint density at radius 1 is 1.11 bits per heavy atom. The van der Waals surface area contributed by atoms with E-state index in [1.165, 1.54) is 16.9 Å². The molecular weight excluding hydrogens is 498 g/mol. The van der Waals surface area contributed by atoms with Crippen molar-refractivity contribution < 1.29 is 9.59 Å². The minimum absolute atomic E-state index is 0.0675. The molecule has 1 N–H and O–H groups in total. The van der Waals surface area contributed by atoms with Gasteiger partial charge in [0.15, 0.2) is 5.13 Å². The third kappa shape index (κ3) is 5.66. The average molecular weight is 530 g/mol. The molecule has 1 saturated heterocycles. The first kappa shape index (κ1) is 25.7. The van der Waals surface area contributed by atoms with E-state index in [0.717, 1.165) is 46.8 Å². The molecule has 5 rings (SSSR count). The molecule has 0 bridgehead atoms. The van der Waals surface area contributed by atoms with Crippen molar-refractivity contribution in [1.29, 1.82) is 0 Å². The van der Waals surface area contributed by atoms with Gasteiger partial charge in [-0.2, -0.15) is 0 Å². The number of carbonyl (C=O) groups excluding carboxylic acids is 2. The summed E-state index contributed by atoms with van der Waals surface area (Å²) in [4.78, 5) is 44.2. The van der Waals surface area contributed by atoms with Crippen LogP contribution in [0.4, 0.5) is 22.5 Å². The Kier molecular flexibility index (Phi) is 7.62.